The van der Waals surface area contributed by atoms with Gasteiger partial charge < -0.3 is 9.47 Å². The lowest BCUT2D eigenvalue weighted by Crippen LogP contribution is -2.27. The Labute approximate surface area is 85.8 Å². The Morgan fingerprint density at radius 3 is 2.43 bits per heavy atom. The third-order valence-corrected chi connectivity index (χ3v) is 2.30. The molecule has 1 unspecified atom stereocenters. The number of unbranched alkanes of at least 4 members (excludes halogenated alkanes) is 1. The highest BCUT2D eigenvalue weighted by Gasteiger charge is 2.41. The fourth-order valence-corrected chi connectivity index (χ4v) is 1.37. The first-order valence-corrected chi connectivity index (χ1v) is 5.31. The Bertz CT molecular complexity index is 205. The molecule has 1 fully saturated rings. The van der Waals surface area contributed by atoms with Crippen molar-refractivity contribution in [2.24, 2.45) is 5.41 Å². The second-order valence-corrected chi connectivity index (χ2v) is 4.90. The number of esters is 1. The Kier molecular flexibility index (Phi) is 3.53. The smallest absolute Gasteiger partial charge is 0.337 e. The standard InChI is InChI=1S/C11H20O3/c1-5-6-7-8-9(12)14-10(13-8)11(2,3)4/h8,10H,5-7H2,1-4H3/t8-,10?/m0/s1. The van der Waals surface area contributed by atoms with E-state index < -0.39 is 0 Å². The summed E-state index contributed by atoms with van der Waals surface area (Å²) in [6, 6.07) is 0. The number of hydrogen-bond acceptors (Lipinski definition) is 3. The van der Waals surface area contributed by atoms with Crippen molar-refractivity contribution in [2.75, 3.05) is 0 Å². The number of carbonyl (C=O) groups is 1. The minimum Gasteiger partial charge on any atom is -0.433 e. The normalized spacial score (nSPS) is 27.9. The molecule has 1 heterocycles. The molecule has 82 valence electrons. The van der Waals surface area contributed by atoms with Crippen molar-refractivity contribution in [3.63, 3.8) is 0 Å². The molecule has 0 amide bonds. The molecule has 3 heteroatoms. The van der Waals surface area contributed by atoms with Gasteiger partial charge in [0.05, 0.1) is 0 Å². The average molecular weight is 200 g/mol. The predicted octanol–water partition coefficient (Wildman–Crippen LogP) is 2.49. The molecule has 0 radical (unpaired) electrons. The number of ether oxygens (including phenoxy) is 2. The van der Waals surface area contributed by atoms with E-state index in [4.69, 9.17) is 9.47 Å². The zero-order valence-corrected chi connectivity index (χ0v) is 9.50. The van der Waals surface area contributed by atoms with E-state index in [-0.39, 0.29) is 23.8 Å². The molecule has 0 spiro atoms. The molecule has 1 saturated heterocycles. The highest BCUT2D eigenvalue weighted by atomic mass is 16.8. The molecule has 0 aromatic heterocycles. The van der Waals surface area contributed by atoms with Crippen molar-refractivity contribution in [2.45, 2.75) is 59.4 Å². The number of rotatable bonds is 3. The van der Waals surface area contributed by atoms with Gasteiger partial charge in [0.15, 0.2) is 6.10 Å². The molecule has 1 aliphatic heterocycles. The highest BCUT2D eigenvalue weighted by molar-refractivity contribution is 5.76. The summed E-state index contributed by atoms with van der Waals surface area (Å²) in [5.74, 6) is -0.196. The van der Waals surface area contributed by atoms with Crippen molar-refractivity contribution in [1.82, 2.24) is 0 Å². The summed E-state index contributed by atoms with van der Waals surface area (Å²) in [6.45, 7) is 8.12. The van der Waals surface area contributed by atoms with E-state index in [0.29, 0.717) is 0 Å². The van der Waals surface area contributed by atoms with Gasteiger partial charge in [0, 0.05) is 5.41 Å². The lowest BCUT2D eigenvalue weighted by Gasteiger charge is -2.24. The molecular weight excluding hydrogens is 180 g/mol. The summed E-state index contributed by atoms with van der Waals surface area (Å²) >= 11 is 0. The molecule has 0 aromatic carbocycles. The first kappa shape index (κ1) is 11.5. The van der Waals surface area contributed by atoms with Crippen LogP contribution in [0.25, 0.3) is 0 Å². The van der Waals surface area contributed by atoms with Crippen LogP contribution in [-0.4, -0.2) is 18.4 Å². The molecule has 0 aliphatic carbocycles. The van der Waals surface area contributed by atoms with Gasteiger partial charge in [-0.15, -0.1) is 0 Å². The Balaban J connectivity index is 2.47. The molecule has 14 heavy (non-hydrogen) atoms. The molecule has 3 nitrogen and oxygen atoms in total. The van der Waals surface area contributed by atoms with Crippen LogP contribution in [0, 0.1) is 5.41 Å². The van der Waals surface area contributed by atoms with Crippen LogP contribution >= 0.6 is 0 Å². The van der Waals surface area contributed by atoms with Crippen LogP contribution in [0.2, 0.25) is 0 Å². The van der Waals surface area contributed by atoms with E-state index >= 15 is 0 Å². The molecule has 1 aliphatic rings. The molecule has 0 aromatic rings. The zero-order chi connectivity index (χ0) is 10.8. The van der Waals surface area contributed by atoms with Crippen molar-refractivity contribution in [3.05, 3.63) is 0 Å². The largest absolute Gasteiger partial charge is 0.433 e. The summed E-state index contributed by atoms with van der Waals surface area (Å²) in [5.41, 5.74) is -0.128. The van der Waals surface area contributed by atoms with E-state index in [0.717, 1.165) is 19.3 Å². The first-order chi connectivity index (χ1) is 6.45. The Morgan fingerprint density at radius 1 is 1.36 bits per heavy atom. The number of hydrogen-bond donors (Lipinski definition) is 0. The topological polar surface area (TPSA) is 35.5 Å². The van der Waals surface area contributed by atoms with Gasteiger partial charge in [-0.05, 0) is 6.42 Å². The fourth-order valence-electron chi connectivity index (χ4n) is 1.37. The van der Waals surface area contributed by atoms with Gasteiger partial charge in [0.25, 0.3) is 0 Å². The fraction of sp³-hybridized carbons (Fsp3) is 0.909. The monoisotopic (exact) mass is 200 g/mol. The van der Waals surface area contributed by atoms with E-state index in [1.807, 2.05) is 20.8 Å². The van der Waals surface area contributed by atoms with E-state index in [1.165, 1.54) is 0 Å². The predicted molar refractivity (Wildman–Crippen MR) is 53.7 cm³/mol. The van der Waals surface area contributed by atoms with Gasteiger partial charge in [0.1, 0.15) is 0 Å². The van der Waals surface area contributed by atoms with Crippen LogP contribution in [0.3, 0.4) is 0 Å². The van der Waals surface area contributed by atoms with Crippen LogP contribution in [0.5, 0.6) is 0 Å². The SMILES string of the molecule is CCCC[C@@H]1OC(C(C)(C)C)OC1=O. The van der Waals surface area contributed by atoms with Crippen LogP contribution in [0.1, 0.15) is 47.0 Å². The first-order valence-electron chi connectivity index (χ1n) is 5.31. The zero-order valence-electron chi connectivity index (χ0n) is 9.50. The lowest BCUT2D eigenvalue weighted by molar-refractivity contribution is -0.154. The summed E-state index contributed by atoms with van der Waals surface area (Å²) < 4.78 is 10.7. The second kappa shape index (κ2) is 4.30. The maximum atomic E-state index is 11.4. The minimum absolute atomic E-state index is 0.128. The summed E-state index contributed by atoms with van der Waals surface area (Å²) in [7, 11) is 0. The van der Waals surface area contributed by atoms with Crippen LogP contribution in [-0.2, 0) is 14.3 Å². The van der Waals surface area contributed by atoms with Gasteiger partial charge in [-0.2, -0.15) is 0 Å². The highest BCUT2D eigenvalue weighted by Crippen LogP contribution is 2.30. The lowest BCUT2D eigenvalue weighted by atomic mass is 9.96. The molecule has 0 bridgehead atoms. The maximum absolute atomic E-state index is 11.4. The van der Waals surface area contributed by atoms with E-state index in [9.17, 15) is 4.79 Å². The average Bonchev–Trinajstić information content (AvgIpc) is 2.43. The van der Waals surface area contributed by atoms with E-state index in [1.54, 1.807) is 0 Å². The maximum Gasteiger partial charge on any atom is 0.337 e. The van der Waals surface area contributed by atoms with Crippen LogP contribution < -0.4 is 0 Å². The van der Waals surface area contributed by atoms with Crippen molar-refractivity contribution in [1.29, 1.82) is 0 Å². The summed E-state index contributed by atoms with van der Waals surface area (Å²) in [5, 5.41) is 0. The molecular formula is C11H20O3. The van der Waals surface area contributed by atoms with Gasteiger partial charge in [0.2, 0.25) is 6.29 Å². The summed E-state index contributed by atoms with van der Waals surface area (Å²) in [4.78, 5) is 11.4. The van der Waals surface area contributed by atoms with Gasteiger partial charge in [-0.1, -0.05) is 40.5 Å². The van der Waals surface area contributed by atoms with Crippen molar-refractivity contribution < 1.29 is 14.3 Å². The second-order valence-electron chi connectivity index (χ2n) is 4.90. The minimum atomic E-state index is -0.378. The van der Waals surface area contributed by atoms with Gasteiger partial charge >= 0.3 is 5.97 Å². The quantitative estimate of drug-likeness (QED) is 0.656. The third kappa shape index (κ3) is 2.71. The molecule has 0 saturated carbocycles. The molecule has 0 N–H and O–H groups in total. The van der Waals surface area contributed by atoms with Crippen LogP contribution in [0.4, 0.5) is 0 Å². The Morgan fingerprint density at radius 2 is 2.00 bits per heavy atom. The third-order valence-electron chi connectivity index (χ3n) is 2.30. The van der Waals surface area contributed by atoms with Crippen molar-refractivity contribution >= 4 is 5.97 Å². The van der Waals surface area contributed by atoms with Crippen LogP contribution in [0.15, 0.2) is 0 Å². The summed E-state index contributed by atoms with van der Waals surface area (Å²) in [6.07, 6.45) is 2.15. The van der Waals surface area contributed by atoms with Crippen molar-refractivity contribution in [3.8, 4) is 0 Å². The number of carbonyl (C=O) groups excluding carboxylic acids is 1. The Hall–Kier alpha value is -0.570. The van der Waals surface area contributed by atoms with Gasteiger partial charge in [-0.25, -0.2) is 4.79 Å². The molecule has 1 rings (SSSR count). The molecule has 2 atom stereocenters. The number of cyclic esters (lactones) is 1. The van der Waals surface area contributed by atoms with Gasteiger partial charge in [-0.3, -0.25) is 0 Å². The van der Waals surface area contributed by atoms with E-state index in [2.05, 4.69) is 6.92 Å².